The Morgan fingerprint density at radius 2 is 2.05 bits per heavy atom. The highest BCUT2D eigenvalue weighted by Crippen LogP contribution is 2.23. The van der Waals surface area contributed by atoms with Crippen LogP contribution in [0.25, 0.3) is 0 Å². The molecule has 0 N–H and O–H groups in total. The zero-order chi connectivity index (χ0) is 15.9. The van der Waals surface area contributed by atoms with Crippen LogP contribution in [0, 0.1) is 0 Å². The molecule has 4 heteroatoms. The highest BCUT2D eigenvalue weighted by Gasteiger charge is 2.30. The van der Waals surface area contributed by atoms with Crippen LogP contribution in [-0.4, -0.2) is 22.8 Å². The quantitative estimate of drug-likeness (QED) is 0.794. The Kier molecular flexibility index (Phi) is 5.53. The van der Waals surface area contributed by atoms with Gasteiger partial charge in [-0.1, -0.05) is 42.5 Å². The fourth-order valence-corrected chi connectivity index (χ4v) is 2.45. The first-order valence-electron chi connectivity index (χ1n) is 7.50. The van der Waals surface area contributed by atoms with E-state index in [0.717, 1.165) is 18.4 Å². The summed E-state index contributed by atoms with van der Waals surface area (Å²) in [5.41, 5.74) is 1.33. The van der Waals surface area contributed by atoms with Crippen molar-refractivity contribution < 1.29 is 14.3 Å². The van der Waals surface area contributed by atoms with E-state index < -0.39 is 6.09 Å². The van der Waals surface area contributed by atoms with Gasteiger partial charge in [0, 0.05) is 6.04 Å². The minimum atomic E-state index is -0.472. The molecule has 1 heterocycles. The predicted molar refractivity (Wildman–Crippen MR) is 85.1 cm³/mol. The van der Waals surface area contributed by atoms with E-state index in [1.54, 1.807) is 13.0 Å². The molecule has 0 spiro atoms. The van der Waals surface area contributed by atoms with Crippen LogP contribution in [0.4, 0.5) is 4.79 Å². The summed E-state index contributed by atoms with van der Waals surface area (Å²) in [6, 6.07) is 9.46. The number of benzene rings is 1. The minimum absolute atomic E-state index is 0.0440. The van der Waals surface area contributed by atoms with Crippen LogP contribution < -0.4 is 0 Å². The fourth-order valence-electron chi connectivity index (χ4n) is 2.45. The van der Waals surface area contributed by atoms with Crippen LogP contribution in [0.5, 0.6) is 0 Å². The third-order valence-electron chi connectivity index (χ3n) is 3.59. The molecule has 0 fully saturated rings. The summed E-state index contributed by atoms with van der Waals surface area (Å²) in [6.07, 6.45) is 6.11. The van der Waals surface area contributed by atoms with Crippen molar-refractivity contribution in [2.75, 3.05) is 0 Å². The lowest BCUT2D eigenvalue weighted by molar-refractivity contribution is -0.113. The summed E-state index contributed by atoms with van der Waals surface area (Å²) in [5, 5.41) is 0. The van der Waals surface area contributed by atoms with Crippen molar-refractivity contribution >= 4 is 11.9 Å². The Labute approximate surface area is 131 Å². The highest BCUT2D eigenvalue weighted by molar-refractivity contribution is 6.05. The second-order valence-electron chi connectivity index (χ2n) is 5.29. The van der Waals surface area contributed by atoms with Gasteiger partial charge in [0.1, 0.15) is 6.61 Å². The highest BCUT2D eigenvalue weighted by atomic mass is 16.6. The van der Waals surface area contributed by atoms with Crippen molar-refractivity contribution in [3.05, 3.63) is 59.8 Å². The smallest absolute Gasteiger partial charge is 0.414 e. The first kappa shape index (κ1) is 16.0. The summed E-state index contributed by atoms with van der Waals surface area (Å²) in [7, 11) is 0. The van der Waals surface area contributed by atoms with E-state index in [-0.39, 0.29) is 18.4 Å². The fraction of sp³-hybridized carbons (Fsp3) is 0.333. The lowest BCUT2D eigenvalue weighted by atomic mass is 10.0. The van der Waals surface area contributed by atoms with Gasteiger partial charge in [-0.15, -0.1) is 0 Å². The average molecular weight is 299 g/mol. The molecule has 1 aliphatic rings. The average Bonchev–Trinajstić information content (AvgIpc) is 2.53. The van der Waals surface area contributed by atoms with E-state index in [9.17, 15) is 9.59 Å². The van der Waals surface area contributed by atoms with Gasteiger partial charge in [0.2, 0.25) is 5.78 Å². The second kappa shape index (κ2) is 7.59. The number of carbonyl (C=O) groups excluding carboxylic acids is 2. The SMILES string of the molecule is C/C=C/C(=O)C1=CCCC(C)N1C(=O)OCc1ccccc1. The maximum absolute atomic E-state index is 12.4. The zero-order valence-electron chi connectivity index (χ0n) is 13.0. The number of carbonyl (C=O) groups is 2. The zero-order valence-corrected chi connectivity index (χ0v) is 13.0. The van der Waals surface area contributed by atoms with Gasteiger partial charge in [0.05, 0.1) is 5.70 Å². The van der Waals surface area contributed by atoms with Gasteiger partial charge < -0.3 is 4.74 Å². The van der Waals surface area contributed by atoms with E-state index in [1.165, 1.54) is 11.0 Å². The van der Waals surface area contributed by atoms with Crippen molar-refractivity contribution in [3.8, 4) is 0 Å². The lowest BCUT2D eigenvalue weighted by Crippen LogP contribution is -2.42. The van der Waals surface area contributed by atoms with Crippen molar-refractivity contribution in [2.24, 2.45) is 0 Å². The van der Waals surface area contributed by atoms with E-state index in [1.807, 2.05) is 43.3 Å². The Morgan fingerprint density at radius 1 is 1.32 bits per heavy atom. The molecule has 0 saturated carbocycles. The molecule has 4 nitrogen and oxygen atoms in total. The number of amides is 1. The van der Waals surface area contributed by atoms with E-state index in [2.05, 4.69) is 0 Å². The van der Waals surface area contributed by atoms with Gasteiger partial charge in [0.25, 0.3) is 0 Å². The monoisotopic (exact) mass is 299 g/mol. The molecule has 0 aliphatic carbocycles. The molecular formula is C18H21NO3. The topological polar surface area (TPSA) is 46.6 Å². The van der Waals surface area contributed by atoms with Gasteiger partial charge in [0.15, 0.2) is 0 Å². The van der Waals surface area contributed by atoms with Crippen molar-refractivity contribution in [1.29, 1.82) is 0 Å². The van der Waals surface area contributed by atoms with Gasteiger partial charge >= 0.3 is 6.09 Å². The molecule has 1 aromatic rings. The standard InChI is InChI=1S/C18H21NO3/c1-3-8-17(20)16-12-7-9-14(2)19(16)18(21)22-13-15-10-5-4-6-11-15/h3-6,8,10-12,14H,7,9,13H2,1-2H3/b8-3+. The van der Waals surface area contributed by atoms with Crippen LogP contribution in [0.3, 0.4) is 0 Å². The molecule has 22 heavy (non-hydrogen) atoms. The number of allylic oxidation sites excluding steroid dienone is 3. The van der Waals surface area contributed by atoms with Crippen molar-refractivity contribution in [1.82, 2.24) is 4.90 Å². The number of hydrogen-bond donors (Lipinski definition) is 0. The molecule has 1 amide bonds. The van der Waals surface area contributed by atoms with Crippen LogP contribution in [-0.2, 0) is 16.1 Å². The Balaban J connectivity index is 2.09. The number of nitrogens with zero attached hydrogens (tertiary/aromatic N) is 1. The maximum atomic E-state index is 12.4. The third-order valence-corrected chi connectivity index (χ3v) is 3.59. The molecule has 0 bridgehead atoms. The minimum Gasteiger partial charge on any atom is -0.444 e. The maximum Gasteiger partial charge on any atom is 0.414 e. The Hall–Kier alpha value is -2.36. The normalized spacial score (nSPS) is 18.2. The van der Waals surface area contributed by atoms with Crippen LogP contribution in [0.15, 0.2) is 54.3 Å². The molecule has 0 radical (unpaired) electrons. The Morgan fingerprint density at radius 3 is 2.73 bits per heavy atom. The molecule has 1 aliphatic heterocycles. The van der Waals surface area contributed by atoms with Gasteiger partial charge in [-0.3, -0.25) is 9.69 Å². The molecule has 1 unspecified atom stereocenters. The van der Waals surface area contributed by atoms with Gasteiger partial charge in [-0.05, 0) is 38.3 Å². The first-order valence-corrected chi connectivity index (χ1v) is 7.50. The Bertz CT molecular complexity index is 590. The lowest BCUT2D eigenvalue weighted by Gasteiger charge is -2.32. The number of rotatable bonds is 4. The van der Waals surface area contributed by atoms with Gasteiger partial charge in [-0.25, -0.2) is 4.79 Å². The summed E-state index contributed by atoms with van der Waals surface area (Å²) in [6.45, 7) is 3.91. The molecule has 2 rings (SSSR count). The molecule has 0 aromatic heterocycles. The van der Waals surface area contributed by atoms with E-state index in [4.69, 9.17) is 4.74 Å². The molecule has 0 saturated heterocycles. The number of hydrogen-bond acceptors (Lipinski definition) is 3. The number of ketones is 1. The van der Waals surface area contributed by atoms with Crippen LogP contribution in [0.1, 0.15) is 32.3 Å². The van der Waals surface area contributed by atoms with E-state index in [0.29, 0.717) is 5.70 Å². The third kappa shape index (κ3) is 3.85. The first-order chi connectivity index (χ1) is 10.6. The van der Waals surface area contributed by atoms with Crippen molar-refractivity contribution in [2.45, 2.75) is 39.3 Å². The summed E-state index contributed by atoms with van der Waals surface area (Å²) in [5.74, 6) is -0.161. The molecule has 1 aromatic carbocycles. The summed E-state index contributed by atoms with van der Waals surface area (Å²) in [4.78, 5) is 26.0. The van der Waals surface area contributed by atoms with Crippen molar-refractivity contribution in [3.63, 3.8) is 0 Å². The summed E-state index contributed by atoms with van der Waals surface area (Å²) < 4.78 is 5.37. The summed E-state index contributed by atoms with van der Waals surface area (Å²) >= 11 is 0. The van der Waals surface area contributed by atoms with Gasteiger partial charge in [-0.2, -0.15) is 0 Å². The molecule has 116 valence electrons. The molecule has 1 atom stereocenters. The van der Waals surface area contributed by atoms with Crippen LogP contribution >= 0.6 is 0 Å². The second-order valence-corrected chi connectivity index (χ2v) is 5.29. The predicted octanol–water partition coefficient (Wildman–Crippen LogP) is 3.84. The van der Waals surface area contributed by atoms with E-state index >= 15 is 0 Å². The van der Waals surface area contributed by atoms with Crippen LogP contribution in [0.2, 0.25) is 0 Å². The number of ether oxygens (including phenoxy) is 1. The largest absolute Gasteiger partial charge is 0.444 e. The molecular weight excluding hydrogens is 278 g/mol.